The lowest BCUT2D eigenvalue weighted by Gasteiger charge is -2.22. The molecule has 1 aliphatic carbocycles. The predicted octanol–water partition coefficient (Wildman–Crippen LogP) is 3.34. The fraction of sp³-hybridized carbons (Fsp3) is 0.500. The molecular formula is C22H26N6O. The summed E-state index contributed by atoms with van der Waals surface area (Å²) in [5, 5.41) is 0. The average molecular weight is 390 g/mol. The minimum Gasteiger partial charge on any atom is -0.340 e. The fourth-order valence-corrected chi connectivity index (χ4v) is 4.77. The number of hydrogen-bond acceptors (Lipinski definition) is 6. The molecule has 2 fully saturated rings. The van der Waals surface area contributed by atoms with Crippen LogP contribution in [0.25, 0.3) is 11.0 Å². The molecule has 7 nitrogen and oxygen atoms in total. The van der Waals surface area contributed by atoms with E-state index in [-0.39, 0.29) is 5.41 Å². The van der Waals surface area contributed by atoms with Gasteiger partial charge < -0.3 is 9.47 Å². The number of carbonyl (C=O) groups excluding carboxylic acids is 1. The third kappa shape index (κ3) is 3.18. The van der Waals surface area contributed by atoms with E-state index in [0.29, 0.717) is 18.2 Å². The number of aromatic nitrogens is 5. The Morgan fingerprint density at radius 2 is 2.07 bits per heavy atom. The van der Waals surface area contributed by atoms with Crippen LogP contribution in [0.1, 0.15) is 57.0 Å². The summed E-state index contributed by atoms with van der Waals surface area (Å²) in [5.41, 5.74) is 3.76. The van der Waals surface area contributed by atoms with Crippen LogP contribution in [0.2, 0.25) is 0 Å². The second-order valence-electron chi connectivity index (χ2n) is 8.66. The highest BCUT2D eigenvalue weighted by Crippen LogP contribution is 2.43. The van der Waals surface area contributed by atoms with Gasteiger partial charge in [0.15, 0.2) is 0 Å². The lowest BCUT2D eigenvalue weighted by atomic mass is 9.85. The summed E-state index contributed by atoms with van der Waals surface area (Å²) in [4.78, 5) is 32.8. The zero-order valence-corrected chi connectivity index (χ0v) is 17.0. The number of ketones is 1. The Balaban J connectivity index is 1.37. The summed E-state index contributed by atoms with van der Waals surface area (Å²) in [5.74, 6) is 1.16. The average Bonchev–Trinajstić information content (AvgIpc) is 3.42. The Morgan fingerprint density at radius 1 is 1.17 bits per heavy atom. The van der Waals surface area contributed by atoms with Crippen LogP contribution < -0.4 is 4.90 Å². The minimum absolute atomic E-state index is 0.152. The number of nitrogens with zero attached hydrogens (tertiary/aromatic N) is 6. The van der Waals surface area contributed by atoms with Gasteiger partial charge in [0, 0.05) is 49.3 Å². The van der Waals surface area contributed by atoms with Crippen molar-refractivity contribution in [1.82, 2.24) is 24.5 Å². The van der Waals surface area contributed by atoms with Crippen LogP contribution in [-0.4, -0.2) is 43.4 Å². The Morgan fingerprint density at radius 3 is 2.86 bits per heavy atom. The fourth-order valence-electron chi connectivity index (χ4n) is 4.77. The Bertz CT molecular complexity index is 1070. The molecule has 3 aromatic heterocycles. The van der Waals surface area contributed by atoms with E-state index in [9.17, 15) is 4.79 Å². The maximum atomic E-state index is 12.4. The third-order valence-electron chi connectivity index (χ3n) is 6.42. The van der Waals surface area contributed by atoms with Crippen molar-refractivity contribution in [2.24, 2.45) is 5.41 Å². The summed E-state index contributed by atoms with van der Waals surface area (Å²) in [6.07, 6.45) is 9.86. The van der Waals surface area contributed by atoms with Crippen LogP contribution in [-0.2, 0) is 11.2 Å². The predicted molar refractivity (Wildman–Crippen MR) is 111 cm³/mol. The molecule has 1 atom stereocenters. The number of fused-ring (bicyclic) bond motifs is 1. The van der Waals surface area contributed by atoms with E-state index < -0.39 is 0 Å². The highest BCUT2D eigenvalue weighted by atomic mass is 16.1. The molecule has 1 aliphatic heterocycles. The highest BCUT2D eigenvalue weighted by molar-refractivity contribution is 5.88. The Labute approximate surface area is 170 Å². The number of carbonyl (C=O) groups is 1. The molecule has 0 N–H and O–H groups in total. The van der Waals surface area contributed by atoms with Gasteiger partial charge in [-0.2, -0.15) is 0 Å². The first-order valence-corrected chi connectivity index (χ1v) is 10.5. The summed E-state index contributed by atoms with van der Waals surface area (Å²) in [7, 11) is 0. The first-order chi connectivity index (χ1) is 14.0. The van der Waals surface area contributed by atoms with Gasteiger partial charge in [-0.05, 0) is 45.2 Å². The first-order valence-electron chi connectivity index (χ1n) is 10.5. The quantitative estimate of drug-likeness (QED) is 0.680. The third-order valence-corrected chi connectivity index (χ3v) is 6.42. The number of rotatable bonds is 4. The maximum absolute atomic E-state index is 12.4. The molecule has 0 aromatic carbocycles. The van der Waals surface area contributed by atoms with E-state index in [1.807, 2.05) is 24.8 Å². The highest BCUT2D eigenvalue weighted by Gasteiger charge is 2.47. The molecule has 7 heteroatoms. The molecule has 0 amide bonds. The molecule has 4 heterocycles. The van der Waals surface area contributed by atoms with E-state index in [0.717, 1.165) is 67.1 Å². The van der Waals surface area contributed by atoms with Crippen molar-refractivity contribution in [2.75, 3.05) is 18.0 Å². The first kappa shape index (κ1) is 18.2. The van der Waals surface area contributed by atoms with Crippen molar-refractivity contribution in [3.63, 3.8) is 0 Å². The monoisotopic (exact) mass is 390 g/mol. The van der Waals surface area contributed by atoms with Gasteiger partial charge in [-0.3, -0.25) is 9.78 Å². The van der Waals surface area contributed by atoms with Crippen molar-refractivity contribution in [3.8, 4) is 0 Å². The second-order valence-corrected chi connectivity index (χ2v) is 8.66. The molecule has 2 aliphatic rings. The molecule has 0 radical (unpaired) electrons. The minimum atomic E-state index is -0.152. The van der Waals surface area contributed by atoms with E-state index in [1.165, 1.54) is 0 Å². The van der Waals surface area contributed by atoms with Crippen LogP contribution in [0.15, 0.2) is 30.9 Å². The second kappa shape index (κ2) is 6.90. The number of hydrogen-bond donors (Lipinski definition) is 0. The molecule has 1 saturated carbocycles. The SMILES string of the molecule is CC(C)n1cnc2cnc(Cc3ccnc(N4CCC5(CCCC5=O)C4)n3)cc21. The standard InChI is InChI=1S/C22H26N6O/c1-15(2)28-14-25-18-12-24-17(11-19(18)28)10-16-5-8-23-21(26-16)27-9-7-22(13-27)6-3-4-20(22)29/h5,8,11-12,14-15H,3-4,6-7,9-10,13H2,1-2H3. The van der Waals surface area contributed by atoms with Crippen molar-refractivity contribution >= 4 is 22.8 Å². The lowest BCUT2D eigenvalue weighted by molar-refractivity contribution is -0.124. The molecule has 29 heavy (non-hydrogen) atoms. The van der Waals surface area contributed by atoms with Gasteiger partial charge >= 0.3 is 0 Å². The van der Waals surface area contributed by atoms with Gasteiger partial charge in [0.1, 0.15) is 11.3 Å². The van der Waals surface area contributed by atoms with E-state index in [4.69, 9.17) is 4.98 Å². The molecule has 1 saturated heterocycles. The Hall–Kier alpha value is -2.83. The van der Waals surface area contributed by atoms with E-state index in [2.05, 4.69) is 44.3 Å². The van der Waals surface area contributed by atoms with E-state index >= 15 is 0 Å². The smallest absolute Gasteiger partial charge is 0.225 e. The van der Waals surface area contributed by atoms with Gasteiger partial charge in [-0.15, -0.1) is 0 Å². The zero-order chi connectivity index (χ0) is 20.0. The van der Waals surface area contributed by atoms with Gasteiger partial charge in [0.2, 0.25) is 5.95 Å². The largest absolute Gasteiger partial charge is 0.340 e. The van der Waals surface area contributed by atoms with Crippen LogP contribution in [0.5, 0.6) is 0 Å². The topological polar surface area (TPSA) is 76.8 Å². The number of anilines is 1. The lowest BCUT2D eigenvalue weighted by Crippen LogP contribution is -2.31. The molecule has 5 rings (SSSR count). The van der Waals surface area contributed by atoms with E-state index in [1.54, 1.807) is 0 Å². The van der Waals surface area contributed by atoms with Crippen LogP contribution in [0.4, 0.5) is 5.95 Å². The zero-order valence-electron chi connectivity index (χ0n) is 17.0. The summed E-state index contributed by atoms with van der Waals surface area (Å²) < 4.78 is 2.16. The van der Waals surface area contributed by atoms with Crippen LogP contribution >= 0.6 is 0 Å². The summed E-state index contributed by atoms with van der Waals surface area (Å²) >= 11 is 0. The molecular weight excluding hydrogens is 364 g/mol. The Kier molecular flexibility index (Phi) is 4.33. The van der Waals surface area contributed by atoms with Crippen LogP contribution in [0.3, 0.4) is 0 Å². The molecule has 0 bridgehead atoms. The summed E-state index contributed by atoms with van der Waals surface area (Å²) in [6, 6.07) is 4.40. The van der Waals surface area contributed by atoms with Gasteiger partial charge in [0.05, 0.1) is 23.7 Å². The molecule has 3 aromatic rings. The maximum Gasteiger partial charge on any atom is 0.225 e. The summed E-state index contributed by atoms with van der Waals surface area (Å²) in [6.45, 7) is 5.91. The van der Waals surface area contributed by atoms with Gasteiger partial charge in [0.25, 0.3) is 0 Å². The van der Waals surface area contributed by atoms with Crippen molar-refractivity contribution in [1.29, 1.82) is 0 Å². The van der Waals surface area contributed by atoms with Gasteiger partial charge in [-0.25, -0.2) is 15.0 Å². The molecule has 150 valence electrons. The normalized spacial score (nSPS) is 21.9. The van der Waals surface area contributed by atoms with Gasteiger partial charge in [-0.1, -0.05) is 0 Å². The number of pyridine rings is 1. The van der Waals surface area contributed by atoms with Crippen molar-refractivity contribution in [3.05, 3.63) is 42.2 Å². The number of imidazole rings is 1. The van der Waals surface area contributed by atoms with Crippen molar-refractivity contribution in [2.45, 2.75) is 52.0 Å². The molecule has 1 spiro atoms. The van der Waals surface area contributed by atoms with Crippen molar-refractivity contribution < 1.29 is 4.79 Å². The molecule has 1 unspecified atom stereocenters. The number of Topliss-reactive ketones (excluding diaryl/α,β-unsaturated/α-hetero) is 1. The van der Waals surface area contributed by atoms with Crippen LogP contribution in [0, 0.1) is 5.41 Å².